The van der Waals surface area contributed by atoms with E-state index in [1.54, 1.807) is 35.9 Å². The number of thiophene rings is 1. The van der Waals surface area contributed by atoms with Gasteiger partial charge in [-0.05, 0) is 53.8 Å². The fraction of sp³-hybridized carbons (Fsp3) is 0.474. The lowest BCUT2D eigenvalue weighted by molar-refractivity contribution is -0.0793. The van der Waals surface area contributed by atoms with Gasteiger partial charge in [0.05, 0.1) is 11.2 Å². The molecule has 132 valence electrons. The molecule has 1 N–H and O–H groups in total. The van der Waals surface area contributed by atoms with Crippen molar-refractivity contribution in [3.63, 3.8) is 0 Å². The van der Waals surface area contributed by atoms with Crippen molar-refractivity contribution in [2.24, 2.45) is 0 Å². The van der Waals surface area contributed by atoms with Gasteiger partial charge in [-0.15, -0.1) is 0 Å². The molecule has 1 amide bonds. The summed E-state index contributed by atoms with van der Waals surface area (Å²) in [6.45, 7) is 3.70. The molecule has 0 radical (unpaired) electrons. The minimum Gasteiger partial charge on any atom is -0.373 e. The van der Waals surface area contributed by atoms with Crippen LogP contribution in [0.4, 0.5) is 0 Å². The zero-order chi connectivity index (χ0) is 17.1. The molecular weight excluding hydrogens is 334 g/mol. The highest BCUT2D eigenvalue weighted by Crippen LogP contribution is 2.35. The van der Waals surface area contributed by atoms with Gasteiger partial charge in [-0.1, -0.05) is 0 Å². The summed E-state index contributed by atoms with van der Waals surface area (Å²) >= 11 is 1.74. The van der Waals surface area contributed by atoms with Gasteiger partial charge in [0.15, 0.2) is 0 Å². The summed E-state index contributed by atoms with van der Waals surface area (Å²) < 4.78 is 6.19. The van der Waals surface area contributed by atoms with Crippen molar-refractivity contribution in [2.45, 2.75) is 37.5 Å². The molecule has 2 aliphatic heterocycles. The van der Waals surface area contributed by atoms with Crippen molar-refractivity contribution >= 4 is 17.2 Å². The SMILES string of the molecule is O=C(N[C@H]1CCO[C@@]2(CCN(Cc3ccsc3)C2)C1)c1cccnc1. The number of nitrogens with zero attached hydrogens (tertiary/aromatic N) is 2. The zero-order valence-electron chi connectivity index (χ0n) is 14.2. The van der Waals surface area contributed by atoms with Gasteiger partial charge >= 0.3 is 0 Å². The monoisotopic (exact) mass is 357 g/mol. The molecule has 2 aromatic heterocycles. The highest BCUT2D eigenvalue weighted by atomic mass is 32.1. The number of likely N-dealkylation sites (tertiary alicyclic amines) is 1. The Hall–Kier alpha value is -1.76. The van der Waals surface area contributed by atoms with Crippen molar-refractivity contribution in [3.05, 3.63) is 52.5 Å². The average Bonchev–Trinajstić information content (AvgIpc) is 3.27. The van der Waals surface area contributed by atoms with E-state index in [9.17, 15) is 4.79 Å². The molecule has 2 aliphatic rings. The summed E-state index contributed by atoms with van der Waals surface area (Å²) in [5, 5.41) is 7.51. The van der Waals surface area contributed by atoms with Crippen molar-refractivity contribution in [3.8, 4) is 0 Å². The smallest absolute Gasteiger partial charge is 0.253 e. The van der Waals surface area contributed by atoms with Gasteiger partial charge in [0.25, 0.3) is 5.91 Å². The van der Waals surface area contributed by atoms with Crippen LogP contribution in [0.5, 0.6) is 0 Å². The molecule has 0 bridgehead atoms. The fourth-order valence-electron chi connectivity index (χ4n) is 3.90. The van der Waals surface area contributed by atoms with E-state index in [4.69, 9.17) is 4.74 Å². The van der Waals surface area contributed by atoms with E-state index in [2.05, 4.69) is 32.0 Å². The minimum atomic E-state index is -0.110. The van der Waals surface area contributed by atoms with Gasteiger partial charge < -0.3 is 10.1 Å². The Labute approximate surface area is 152 Å². The number of hydrogen-bond acceptors (Lipinski definition) is 5. The number of aromatic nitrogens is 1. The Bertz CT molecular complexity index is 707. The first-order chi connectivity index (χ1) is 12.2. The number of carbonyl (C=O) groups is 1. The molecule has 2 saturated heterocycles. The van der Waals surface area contributed by atoms with Gasteiger partial charge in [-0.3, -0.25) is 14.7 Å². The molecule has 2 fully saturated rings. The molecule has 25 heavy (non-hydrogen) atoms. The molecule has 4 rings (SSSR count). The molecule has 0 aromatic carbocycles. The molecule has 2 aromatic rings. The summed E-state index contributed by atoms with van der Waals surface area (Å²) in [5.41, 5.74) is 1.88. The van der Waals surface area contributed by atoms with Crippen LogP contribution in [-0.4, -0.2) is 47.1 Å². The van der Waals surface area contributed by atoms with Crippen LogP contribution in [0.15, 0.2) is 41.4 Å². The number of rotatable bonds is 4. The van der Waals surface area contributed by atoms with E-state index in [1.807, 2.05) is 0 Å². The van der Waals surface area contributed by atoms with Gasteiger partial charge in [0, 0.05) is 44.7 Å². The quantitative estimate of drug-likeness (QED) is 0.914. The highest BCUT2D eigenvalue weighted by Gasteiger charge is 2.43. The van der Waals surface area contributed by atoms with Crippen molar-refractivity contribution in [1.82, 2.24) is 15.2 Å². The Morgan fingerprint density at radius 3 is 3.24 bits per heavy atom. The topological polar surface area (TPSA) is 54.5 Å². The third-order valence-electron chi connectivity index (χ3n) is 5.13. The third kappa shape index (κ3) is 3.92. The summed E-state index contributed by atoms with van der Waals surface area (Å²) in [6.07, 6.45) is 6.09. The molecule has 5 nitrogen and oxygen atoms in total. The first-order valence-electron chi connectivity index (χ1n) is 8.81. The lowest BCUT2D eigenvalue weighted by Gasteiger charge is -2.38. The maximum Gasteiger partial charge on any atom is 0.253 e. The molecule has 0 aliphatic carbocycles. The normalized spacial score (nSPS) is 26.8. The predicted molar refractivity (Wildman–Crippen MR) is 97.6 cm³/mol. The third-order valence-corrected chi connectivity index (χ3v) is 5.87. The first kappa shape index (κ1) is 16.7. The van der Waals surface area contributed by atoms with E-state index in [0.29, 0.717) is 12.2 Å². The molecule has 2 atom stereocenters. The molecule has 0 unspecified atom stereocenters. The number of nitrogens with one attached hydrogen (secondary N) is 1. The van der Waals surface area contributed by atoms with E-state index in [1.165, 1.54) is 5.56 Å². The Kier molecular flexibility index (Phi) is 4.83. The van der Waals surface area contributed by atoms with E-state index in [0.717, 1.165) is 38.9 Å². The summed E-state index contributed by atoms with van der Waals surface area (Å²) in [4.78, 5) is 18.9. The van der Waals surface area contributed by atoms with Crippen molar-refractivity contribution in [2.75, 3.05) is 19.7 Å². The lowest BCUT2D eigenvalue weighted by Crippen LogP contribution is -2.49. The van der Waals surface area contributed by atoms with Crippen LogP contribution in [0, 0.1) is 0 Å². The number of carbonyl (C=O) groups excluding carboxylic acids is 1. The number of amides is 1. The van der Waals surface area contributed by atoms with Gasteiger partial charge in [0.2, 0.25) is 0 Å². The van der Waals surface area contributed by atoms with Crippen LogP contribution in [0.1, 0.15) is 35.2 Å². The molecular formula is C19H23N3O2S. The largest absolute Gasteiger partial charge is 0.373 e. The first-order valence-corrected chi connectivity index (χ1v) is 9.75. The Morgan fingerprint density at radius 2 is 2.44 bits per heavy atom. The summed E-state index contributed by atoms with van der Waals surface area (Å²) in [5.74, 6) is -0.0386. The Morgan fingerprint density at radius 1 is 1.48 bits per heavy atom. The second kappa shape index (κ2) is 7.23. The van der Waals surface area contributed by atoms with Crippen LogP contribution in [0.25, 0.3) is 0 Å². The molecule has 6 heteroatoms. The van der Waals surface area contributed by atoms with E-state index < -0.39 is 0 Å². The zero-order valence-corrected chi connectivity index (χ0v) is 15.0. The molecule has 4 heterocycles. The van der Waals surface area contributed by atoms with Crippen LogP contribution in [0.3, 0.4) is 0 Å². The molecule has 0 saturated carbocycles. The van der Waals surface area contributed by atoms with Gasteiger partial charge in [0.1, 0.15) is 0 Å². The standard InChI is InChI=1S/C19H23N3O2S/c23-18(16-2-1-6-20-11-16)21-17-3-8-24-19(10-17)5-7-22(14-19)12-15-4-9-25-13-15/h1-2,4,6,9,11,13,17H,3,5,7-8,10,12,14H2,(H,21,23)/t17-,19-/m0/s1. The van der Waals surface area contributed by atoms with Crippen LogP contribution in [-0.2, 0) is 11.3 Å². The number of pyridine rings is 1. The minimum absolute atomic E-state index is 0.0386. The Balaban J connectivity index is 1.35. The summed E-state index contributed by atoms with van der Waals surface area (Å²) in [7, 11) is 0. The van der Waals surface area contributed by atoms with E-state index in [-0.39, 0.29) is 17.6 Å². The lowest BCUT2D eigenvalue weighted by atomic mass is 9.89. The number of ether oxygens (including phenoxy) is 1. The fourth-order valence-corrected chi connectivity index (χ4v) is 4.56. The van der Waals surface area contributed by atoms with Crippen LogP contribution < -0.4 is 5.32 Å². The number of hydrogen-bond donors (Lipinski definition) is 1. The van der Waals surface area contributed by atoms with Crippen LogP contribution in [0.2, 0.25) is 0 Å². The van der Waals surface area contributed by atoms with Crippen LogP contribution >= 0.6 is 11.3 Å². The predicted octanol–water partition coefficient (Wildman–Crippen LogP) is 2.70. The second-order valence-electron chi connectivity index (χ2n) is 7.03. The van der Waals surface area contributed by atoms with Crippen molar-refractivity contribution < 1.29 is 9.53 Å². The van der Waals surface area contributed by atoms with Gasteiger partial charge in [-0.2, -0.15) is 11.3 Å². The maximum absolute atomic E-state index is 12.4. The summed E-state index contributed by atoms with van der Waals surface area (Å²) in [6, 6.07) is 5.95. The maximum atomic E-state index is 12.4. The highest BCUT2D eigenvalue weighted by molar-refractivity contribution is 7.07. The second-order valence-corrected chi connectivity index (χ2v) is 7.81. The average molecular weight is 357 g/mol. The van der Waals surface area contributed by atoms with E-state index >= 15 is 0 Å². The molecule has 1 spiro atoms. The van der Waals surface area contributed by atoms with Crippen molar-refractivity contribution in [1.29, 1.82) is 0 Å². The van der Waals surface area contributed by atoms with Gasteiger partial charge in [-0.25, -0.2) is 0 Å².